The monoisotopic (exact) mass is 252 g/mol. The fourth-order valence-corrected chi connectivity index (χ4v) is 0.816. The van der Waals surface area contributed by atoms with Crippen LogP contribution in [0.4, 0.5) is 13.2 Å². The van der Waals surface area contributed by atoms with Crippen molar-refractivity contribution in [2.75, 3.05) is 6.61 Å². The van der Waals surface area contributed by atoms with Gasteiger partial charge in [-0.15, -0.1) is 0 Å². The van der Waals surface area contributed by atoms with Crippen LogP contribution < -0.4 is 0 Å². The lowest BCUT2D eigenvalue weighted by Crippen LogP contribution is -2.45. The van der Waals surface area contributed by atoms with E-state index in [-0.39, 0.29) is 6.61 Å². The predicted octanol–water partition coefficient (Wildman–Crippen LogP) is 1.85. The Bertz CT molecular complexity index is 249. The highest BCUT2D eigenvalue weighted by molar-refractivity contribution is 6.67. The lowest BCUT2D eigenvalue weighted by Gasteiger charge is -2.17. The largest absolute Gasteiger partial charge is 0.463 e. The molecule has 0 rings (SSSR count). The molecular weight excluding hydrogens is 248 g/mol. The van der Waals surface area contributed by atoms with Gasteiger partial charge in [0.05, 0.1) is 6.61 Å². The minimum Gasteiger partial charge on any atom is -0.463 e. The molecule has 0 aliphatic carbocycles. The van der Waals surface area contributed by atoms with E-state index < -0.39 is 22.3 Å². The first-order valence-corrected chi connectivity index (χ1v) is 4.06. The molecule has 0 radical (unpaired) electrons. The highest BCUT2D eigenvalue weighted by Gasteiger charge is 2.56. The molecule has 0 spiro atoms. The first-order chi connectivity index (χ1) is 6.14. The molecule has 0 heterocycles. The molecule has 82 valence electrons. The van der Waals surface area contributed by atoms with Crippen molar-refractivity contribution in [1.82, 2.24) is 0 Å². The second-order valence-electron chi connectivity index (χ2n) is 2.12. The lowest BCUT2D eigenvalue weighted by atomic mass is 10.2. The van der Waals surface area contributed by atoms with Crippen LogP contribution in [0.3, 0.4) is 0 Å². The number of carbonyl (C=O) groups excluding carboxylic acids is 2. The fourth-order valence-electron chi connectivity index (χ4n) is 0.492. The lowest BCUT2D eigenvalue weighted by molar-refractivity contribution is -0.175. The van der Waals surface area contributed by atoms with E-state index in [9.17, 15) is 22.8 Å². The number of rotatable bonds is 3. The van der Waals surface area contributed by atoms with E-state index in [1.165, 1.54) is 6.92 Å². The third-order valence-corrected chi connectivity index (χ3v) is 1.73. The molecule has 0 atom stereocenters. The Morgan fingerprint density at radius 1 is 1.29 bits per heavy atom. The molecule has 0 N–H and O–H groups in total. The minimum absolute atomic E-state index is 0.231. The van der Waals surface area contributed by atoms with Crippen LogP contribution >= 0.6 is 23.2 Å². The second kappa shape index (κ2) is 4.35. The normalized spacial score (nSPS) is 12.4. The summed E-state index contributed by atoms with van der Waals surface area (Å²) in [4.78, 5) is 21.3. The molecule has 0 saturated heterocycles. The minimum atomic E-state index is -5.28. The summed E-state index contributed by atoms with van der Waals surface area (Å²) in [6.45, 7) is 1.10. The quantitative estimate of drug-likeness (QED) is 0.438. The van der Waals surface area contributed by atoms with Crippen molar-refractivity contribution in [3.8, 4) is 0 Å². The van der Waals surface area contributed by atoms with Crippen molar-refractivity contribution in [2.24, 2.45) is 0 Å². The molecule has 0 saturated carbocycles. The van der Waals surface area contributed by atoms with Gasteiger partial charge in [-0.2, -0.15) is 13.2 Å². The maximum absolute atomic E-state index is 11.8. The number of ketones is 1. The standard InChI is InChI=1S/C6H5Cl2F3O3/c1-2-14-4(13)5(7,8)3(12)6(9,10)11/h2H2,1H3. The Kier molecular flexibility index (Phi) is 4.20. The summed E-state index contributed by atoms with van der Waals surface area (Å²) in [7, 11) is 0. The van der Waals surface area contributed by atoms with Crippen LogP contribution in [-0.4, -0.2) is 28.9 Å². The van der Waals surface area contributed by atoms with Gasteiger partial charge in [0, 0.05) is 0 Å². The van der Waals surface area contributed by atoms with Crippen molar-refractivity contribution < 1.29 is 27.5 Å². The third-order valence-electron chi connectivity index (χ3n) is 1.07. The Morgan fingerprint density at radius 2 is 1.71 bits per heavy atom. The van der Waals surface area contributed by atoms with Crippen LogP contribution in [0.25, 0.3) is 0 Å². The fraction of sp³-hybridized carbons (Fsp3) is 0.667. The number of ether oxygens (including phenoxy) is 1. The second-order valence-corrected chi connectivity index (χ2v) is 3.45. The first-order valence-electron chi connectivity index (χ1n) is 3.30. The van der Waals surface area contributed by atoms with Gasteiger partial charge in [0.1, 0.15) is 0 Å². The summed E-state index contributed by atoms with van der Waals surface area (Å²) in [6, 6.07) is 0. The topological polar surface area (TPSA) is 43.4 Å². The van der Waals surface area contributed by atoms with Crippen molar-refractivity contribution in [3.63, 3.8) is 0 Å². The van der Waals surface area contributed by atoms with Crippen molar-refractivity contribution in [2.45, 2.75) is 17.4 Å². The van der Waals surface area contributed by atoms with Gasteiger partial charge in [0.25, 0.3) is 10.1 Å². The molecule has 0 aromatic heterocycles. The smallest absolute Gasteiger partial charge is 0.453 e. The van der Waals surface area contributed by atoms with Crippen LogP contribution in [0.15, 0.2) is 0 Å². The molecule has 0 bridgehead atoms. The van der Waals surface area contributed by atoms with Gasteiger partial charge < -0.3 is 4.74 Å². The number of Topliss-reactive ketones (excluding diaryl/α,β-unsaturated/α-hetero) is 1. The maximum atomic E-state index is 11.8. The number of hydrogen-bond donors (Lipinski definition) is 0. The number of alkyl halides is 5. The molecule has 8 heteroatoms. The Morgan fingerprint density at radius 3 is 2.00 bits per heavy atom. The maximum Gasteiger partial charge on any atom is 0.453 e. The number of esters is 1. The average Bonchev–Trinajstić information content (AvgIpc) is 2.01. The molecular formula is C6H5Cl2F3O3. The van der Waals surface area contributed by atoms with E-state index in [2.05, 4.69) is 4.74 Å². The number of hydrogen-bond acceptors (Lipinski definition) is 3. The Balaban J connectivity index is 4.79. The van der Waals surface area contributed by atoms with Gasteiger partial charge in [-0.3, -0.25) is 4.79 Å². The van der Waals surface area contributed by atoms with Gasteiger partial charge in [-0.1, -0.05) is 23.2 Å². The van der Waals surface area contributed by atoms with E-state index in [0.29, 0.717) is 0 Å². The van der Waals surface area contributed by atoms with Gasteiger partial charge in [-0.25, -0.2) is 4.79 Å². The highest BCUT2D eigenvalue weighted by atomic mass is 35.5. The SMILES string of the molecule is CCOC(=O)C(Cl)(Cl)C(=O)C(F)(F)F. The van der Waals surface area contributed by atoms with E-state index in [0.717, 1.165) is 0 Å². The van der Waals surface area contributed by atoms with E-state index in [1.807, 2.05) is 0 Å². The van der Waals surface area contributed by atoms with Gasteiger partial charge in [0.15, 0.2) is 0 Å². The van der Waals surface area contributed by atoms with Crippen molar-refractivity contribution in [3.05, 3.63) is 0 Å². The predicted molar refractivity (Wildman–Crippen MR) is 42.1 cm³/mol. The summed E-state index contributed by atoms with van der Waals surface area (Å²) >= 11 is 9.84. The molecule has 0 aromatic carbocycles. The van der Waals surface area contributed by atoms with Gasteiger partial charge in [-0.05, 0) is 6.92 Å². The summed E-state index contributed by atoms with van der Waals surface area (Å²) in [5.41, 5.74) is 0. The molecule has 0 fully saturated rings. The molecule has 0 aliphatic rings. The molecule has 0 amide bonds. The third kappa shape index (κ3) is 3.02. The van der Waals surface area contributed by atoms with Gasteiger partial charge in [0.2, 0.25) is 0 Å². The van der Waals surface area contributed by atoms with Crippen LogP contribution in [0.5, 0.6) is 0 Å². The van der Waals surface area contributed by atoms with Gasteiger partial charge >= 0.3 is 12.1 Å². The van der Waals surface area contributed by atoms with Crippen LogP contribution in [-0.2, 0) is 14.3 Å². The van der Waals surface area contributed by atoms with Crippen molar-refractivity contribution in [1.29, 1.82) is 0 Å². The highest BCUT2D eigenvalue weighted by Crippen LogP contribution is 2.32. The van der Waals surface area contributed by atoms with E-state index in [4.69, 9.17) is 23.2 Å². The first kappa shape index (κ1) is 13.5. The van der Waals surface area contributed by atoms with E-state index >= 15 is 0 Å². The summed E-state index contributed by atoms with van der Waals surface area (Å²) in [5, 5.41) is 0. The molecule has 3 nitrogen and oxygen atoms in total. The summed E-state index contributed by atoms with van der Waals surface area (Å²) in [5.74, 6) is -4.20. The molecule has 0 unspecified atom stereocenters. The number of carbonyl (C=O) groups is 2. The zero-order chi connectivity index (χ0) is 11.6. The van der Waals surface area contributed by atoms with Crippen LogP contribution in [0.1, 0.15) is 6.92 Å². The van der Waals surface area contributed by atoms with Crippen LogP contribution in [0.2, 0.25) is 0 Å². The van der Waals surface area contributed by atoms with E-state index in [1.54, 1.807) is 0 Å². The zero-order valence-electron chi connectivity index (χ0n) is 6.82. The Hall–Kier alpha value is -0.490. The average molecular weight is 253 g/mol. The summed E-state index contributed by atoms with van der Waals surface area (Å²) < 4.78 is 36.3. The number of halogens is 5. The molecule has 14 heavy (non-hydrogen) atoms. The van der Waals surface area contributed by atoms with Crippen LogP contribution in [0, 0.1) is 0 Å². The molecule has 0 aliphatic heterocycles. The van der Waals surface area contributed by atoms with Crippen molar-refractivity contribution >= 4 is 35.0 Å². The molecule has 0 aromatic rings. The zero-order valence-corrected chi connectivity index (χ0v) is 8.33. The summed E-state index contributed by atoms with van der Waals surface area (Å²) in [6.07, 6.45) is -5.28. The Labute approximate surface area is 87.1 Å².